The lowest BCUT2D eigenvalue weighted by Gasteiger charge is -2.10. The quantitative estimate of drug-likeness (QED) is 0.691. The lowest BCUT2D eigenvalue weighted by atomic mass is 10.2. The Morgan fingerprint density at radius 3 is 2.44 bits per heavy atom. The van der Waals surface area contributed by atoms with Gasteiger partial charge in [0.1, 0.15) is 11.5 Å². The van der Waals surface area contributed by atoms with Crippen LogP contribution in [-0.2, 0) is 0 Å². The number of benzene rings is 2. The second-order valence-electron chi connectivity index (χ2n) is 5.67. The van der Waals surface area contributed by atoms with Gasteiger partial charge in [0.2, 0.25) is 5.95 Å². The summed E-state index contributed by atoms with van der Waals surface area (Å²) in [7, 11) is 0. The number of hydrogen-bond donors (Lipinski definition) is 1. The summed E-state index contributed by atoms with van der Waals surface area (Å²) < 4.78 is 18.9. The zero-order valence-electron chi connectivity index (χ0n) is 13.9. The molecule has 0 unspecified atom stereocenters. The lowest BCUT2D eigenvalue weighted by molar-refractivity contribution is 0.102. The summed E-state index contributed by atoms with van der Waals surface area (Å²) in [5, 5.41) is 2.77. The van der Waals surface area contributed by atoms with Gasteiger partial charge in [0.25, 0.3) is 5.91 Å². The Labute approximate surface area is 145 Å². The fourth-order valence-electron chi connectivity index (χ4n) is 2.42. The van der Waals surface area contributed by atoms with E-state index in [2.05, 4.69) is 10.3 Å². The minimum atomic E-state index is -0.609. The second kappa shape index (κ2) is 7.13. The Morgan fingerprint density at radius 1 is 1.00 bits per heavy atom. The normalized spacial score (nSPS) is 10.4. The number of rotatable bonds is 4. The van der Waals surface area contributed by atoms with E-state index in [0.717, 1.165) is 11.3 Å². The molecule has 0 bridgehead atoms. The SMILES string of the molecule is Cc1cccc(Oc2cccc(NC(=O)c3ccc(F)nc3C)c2)c1. The number of halogens is 1. The summed E-state index contributed by atoms with van der Waals surface area (Å²) in [5.41, 5.74) is 2.34. The van der Waals surface area contributed by atoms with Crippen LogP contribution in [0.15, 0.2) is 60.7 Å². The third-order valence-electron chi connectivity index (χ3n) is 3.61. The Kier molecular flexibility index (Phi) is 4.75. The highest BCUT2D eigenvalue weighted by molar-refractivity contribution is 6.05. The summed E-state index contributed by atoms with van der Waals surface area (Å²) in [6.45, 7) is 3.58. The van der Waals surface area contributed by atoms with Crippen LogP contribution in [0.4, 0.5) is 10.1 Å². The molecule has 3 rings (SSSR count). The molecule has 5 heteroatoms. The predicted molar refractivity (Wildman–Crippen MR) is 94.6 cm³/mol. The maximum absolute atomic E-state index is 13.1. The monoisotopic (exact) mass is 336 g/mol. The summed E-state index contributed by atoms with van der Waals surface area (Å²) in [6, 6.07) is 17.4. The molecule has 126 valence electrons. The van der Waals surface area contributed by atoms with E-state index in [4.69, 9.17) is 4.74 Å². The molecule has 0 radical (unpaired) electrons. The molecule has 0 spiro atoms. The van der Waals surface area contributed by atoms with E-state index in [-0.39, 0.29) is 5.91 Å². The molecular weight excluding hydrogens is 319 g/mol. The maximum Gasteiger partial charge on any atom is 0.257 e. The van der Waals surface area contributed by atoms with Crippen molar-refractivity contribution in [1.29, 1.82) is 0 Å². The molecule has 0 saturated carbocycles. The Hall–Kier alpha value is -3.21. The van der Waals surface area contributed by atoms with Crippen LogP contribution in [0.25, 0.3) is 0 Å². The molecule has 0 aliphatic carbocycles. The van der Waals surface area contributed by atoms with Crippen LogP contribution >= 0.6 is 0 Å². The molecule has 2 aromatic carbocycles. The predicted octanol–water partition coefficient (Wildman–Crippen LogP) is 4.88. The number of aryl methyl sites for hydroxylation is 2. The first-order chi connectivity index (χ1) is 12.0. The number of nitrogens with one attached hydrogen (secondary N) is 1. The zero-order chi connectivity index (χ0) is 17.8. The largest absolute Gasteiger partial charge is 0.457 e. The lowest BCUT2D eigenvalue weighted by Crippen LogP contribution is -2.14. The first kappa shape index (κ1) is 16.6. The molecule has 4 nitrogen and oxygen atoms in total. The van der Waals surface area contributed by atoms with E-state index in [1.807, 2.05) is 37.3 Å². The highest BCUT2D eigenvalue weighted by atomic mass is 19.1. The van der Waals surface area contributed by atoms with Crippen molar-refractivity contribution in [3.63, 3.8) is 0 Å². The van der Waals surface area contributed by atoms with E-state index in [0.29, 0.717) is 22.7 Å². The zero-order valence-corrected chi connectivity index (χ0v) is 13.9. The summed E-state index contributed by atoms with van der Waals surface area (Å²) >= 11 is 0. The number of pyridine rings is 1. The molecule has 0 fully saturated rings. The van der Waals surface area contributed by atoms with Crippen LogP contribution in [0, 0.1) is 19.8 Å². The van der Waals surface area contributed by atoms with E-state index in [9.17, 15) is 9.18 Å². The van der Waals surface area contributed by atoms with Gasteiger partial charge in [-0.15, -0.1) is 0 Å². The van der Waals surface area contributed by atoms with Crippen molar-refractivity contribution < 1.29 is 13.9 Å². The van der Waals surface area contributed by atoms with Crippen molar-refractivity contribution >= 4 is 11.6 Å². The third-order valence-corrected chi connectivity index (χ3v) is 3.61. The Morgan fingerprint density at radius 2 is 1.72 bits per heavy atom. The van der Waals surface area contributed by atoms with Crippen LogP contribution in [0.1, 0.15) is 21.6 Å². The van der Waals surface area contributed by atoms with Gasteiger partial charge >= 0.3 is 0 Å². The van der Waals surface area contributed by atoms with Crippen molar-refractivity contribution in [1.82, 2.24) is 4.98 Å². The van der Waals surface area contributed by atoms with Crippen molar-refractivity contribution in [3.8, 4) is 11.5 Å². The minimum absolute atomic E-state index is 0.325. The minimum Gasteiger partial charge on any atom is -0.457 e. The highest BCUT2D eigenvalue weighted by Gasteiger charge is 2.11. The van der Waals surface area contributed by atoms with Gasteiger partial charge < -0.3 is 10.1 Å². The summed E-state index contributed by atoms with van der Waals surface area (Å²) in [4.78, 5) is 16.0. The molecule has 25 heavy (non-hydrogen) atoms. The molecule has 0 aliphatic heterocycles. The van der Waals surface area contributed by atoms with E-state index < -0.39 is 5.95 Å². The molecular formula is C20H17FN2O2. The van der Waals surface area contributed by atoms with Crippen LogP contribution in [0.5, 0.6) is 11.5 Å². The topological polar surface area (TPSA) is 51.2 Å². The molecule has 0 atom stereocenters. The molecule has 0 saturated heterocycles. The van der Waals surface area contributed by atoms with Crippen molar-refractivity contribution in [3.05, 3.63) is 83.4 Å². The number of hydrogen-bond acceptors (Lipinski definition) is 3. The van der Waals surface area contributed by atoms with Crippen LogP contribution in [0.2, 0.25) is 0 Å². The average Bonchev–Trinajstić information content (AvgIpc) is 2.55. The molecule has 1 aromatic heterocycles. The number of nitrogens with zero attached hydrogens (tertiary/aromatic N) is 1. The van der Waals surface area contributed by atoms with E-state index >= 15 is 0 Å². The van der Waals surface area contributed by atoms with Gasteiger partial charge in [0.05, 0.1) is 11.3 Å². The van der Waals surface area contributed by atoms with Gasteiger partial charge in [0.15, 0.2) is 0 Å². The maximum atomic E-state index is 13.1. The van der Waals surface area contributed by atoms with Crippen molar-refractivity contribution in [2.75, 3.05) is 5.32 Å². The number of aromatic nitrogens is 1. The van der Waals surface area contributed by atoms with Gasteiger partial charge in [0, 0.05) is 11.8 Å². The van der Waals surface area contributed by atoms with E-state index in [1.54, 1.807) is 25.1 Å². The van der Waals surface area contributed by atoms with Gasteiger partial charge in [-0.2, -0.15) is 4.39 Å². The molecule has 0 aliphatic rings. The average molecular weight is 336 g/mol. The highest BCUT2D eigenvalue weighted by Crippen LogP contribution is 2.25. The van der Waals surface area contributed by atoms with Gasteiger partial charge in [-0.05, 0) is 55.8 Å². The van der Waals surface area contributed by atoms with Crippen LogP contribution in [0.3, 0.4) is 0 Å². The number of carbonyl (C=O) groups excluding carboxylic acids is 1. The van der Waals surface area contributed by atoms with Crippen LogP contribution in [-0.4, -0.2) is 10.9 Å². The Bertz CT molecular complexity index is 925. The molecule has 1 amide bonds. The first-order valence-corrected chi connectivity index (χ1v) is 7.80. The number of anilines is 1. The van der Waals surface area contributed by atoms with Gasteiger partial charge in [-0.25, -0.2) is 4.98 Å². The number of amides is 1. The summed E-state index contributed by atoms with van der Waals surface area (Å²) in [6.07, 6.45) is 0. The van der Waals surface area contributed by atoms with E-state index in [1.165, 1.54) is 12.1 Å². The smallest absolute Gasteiger partial charge is 0.257 e. The standard InChI is InChI=1S/C20H17FN2O2/c1-13-5-3-7-16(11-13)25-17-8-4-6-15(12-17)23-20(24)18-9-10-19(21)22-14(18)2/h3-12H,1-2H3,(H,23,24). The van der Waals surface area contributed by atoms with Crippen molar-refractivity contribution in [2.45, 2.75) is 13.8 Å². The van der Waals surface area contributed by atoms with Gasteiger partial charge in [-0.3, -0.25) is 4.79 Å². The molecule has 3 aromatic rings. The third kappa shape index (κ3) is 4.20. The molecule has 1 heterocycles. The number of carbonyl (C=O) groups is 1. The second-order valence-corrected chi connectivity index (χ2v) is 5.67. The fraction of sp³-hybridized carbons (Fsp3) is 0.100. The molecule has 1 N–H and O–H groups in total. The first-order valence-electron chi connectivity index (χ1n) is 7.80. The van der Waals surface area contributed by atoms with Crippen molar-refractivity contribution in [2.24, 2.45) is 0 Å². The van der Waals surface area contributed by atoms with Crippen LogP contribution < -0.4 is 10.1 Å². The number of ether oxygens (including phenoxy) is 1. The fourth-order valence-corrected chi connectivity index (χ4v) is 2.42. The van der Waals surface area contributed by atoms with Gasteiger partial charge in [-0.1, -0.05) is 18.2 Å². The summed E-state index contributed by atoms with van der Waals surface area (Å²) in [5.74, 6) is 0.375. The Balaban J connectivity index is 1.76.